The van der Waals surface area contributed by atoms with Gasteiger partial charge in [0.2, 0.25) is 0 Å². The molecule has 0 radical (unpaired) electrons. The van der Waals surface area contributed by atoms with Crippen molar-refractivity contribution in [3.8, 4) is 0 Å². The van der Waals surface area contributed by atoms with Crippen LogP contribution in [-0.4, -0.2) is 46.8 Å². The minimum atomic E-state index is 0.00426. The first-order valence-corrected chi connectivity index (χ1v) is 10.1. The van der Waals surface area contributed by atoms with Crippen molar-refractivity contribution in [1.82, 2.24) is 14.9 Å². The van der Waals surface area contributed by atoms with E-state index in [4.69, 9.17) is 9.47 Å². The van der Waals surface area contributed by atoms with Gasteiger partial charge in [0.1, 0.15) is 5.01 Å². The third-order valence-corrected chi connectivity index (χ3v) is 6.62. The molecule has 0 amide bonds. The van der Waals surface area contributed by atoms with Gasteiger partial charge in [0.15, 0.2) is 0 Å². The van der Waals surface area contributed by atoms with Crippen LogP contribution in [0, 0.1) is 19.8 Å². The Morgan fingerprint density at radius 2 is 2.17 bits per heavy atom. The molecular formula is C17H23N3O2S2. The largest absolute Gasteiger partial charge is 0.375 e. The number of ether oxygens (including phenoxy) is 2. The van der Waals surface area contributed by atoms with E-state index < -0.39 is 0 Å². The van der Waals surface area contributed by atoms with Gasteiger partial charge in [0, 0.05) is 42.1 Å². The molecule has 0 unspecified atom stereocenters. The molecule has 0 saturated carbocycles. The Bertz CT molecular complexity index is 694. The van der Waals surface area contributed by atoms with E-state index in [1.165, 1.54) is 5.01 Å². The van der Waals surface area contributed by atoms with Crippen LogP contribution in [0.4, 0.5) is 0 Å². The molecule has 2 fully saturated rings. The van der Waals surface area contributed by atoms with Gasteiger partial charge in [-0.05, 0) is 20.3 Å². The molecule has 0 bridgehead atoms. The Morgan fingerprint density at radius 1 is 1.29 bits per heavy atom. The first-order valence-electron chi connectivity index (χ1n) is 8.39. The van der Waals surface area contributed by atoms with Crippen molar-refractivity contribution in [2.45, 2.75) is 39.0 Å². The molecule has 24 heavy (non-hydrogen) atoms. The molecule has 2 aliphatic rings. The molecule has 0 aliphatic carbocycles. The van der Waals surface area contributed by atoms with E-state index in [1.807, 2.05) is 6.92 Å². The van der Waals surface area contributed by atoms with E-state index in [2.05, 4.69) is 32.6 Å². The highest BCUT2D eigenvalue weighted by Crippen LogP contribution is 2.40. The summed E-state index contributed by atoms with van der Waals surface area (Å²) in [4.78, 5) is 11.4. The Hall–Kier alpha value is -0.860. The minimum absolute atomic E-state index is 0.00426. The second kappa shape index (κ2) is 6.80. The van der Waals surface area contributed by atoms with Crippen molar-refractivity contribution in [1.29, 1.82) is 0 Å². The molecule has 0 aromatic carbocycles. The van der Waals surface area contributed by atoms with Gasteiger partial charge in [-0.25, -0.2) is 9.97 Å². The van der Waals surface area contributed by atoms with Gasteiger partial charge in [0.05, 0.1) is 36.1 Å². The fourth-order valence-corrected chi connectivity index (χ4v) is 5.05. The van der Waals surface area contributed by atoms with Crippen molar-refractivity contribution in [2.24, 2.45) is 5.92 Å². The number of aromatic nitrogens is 2. The van der Waals surface area contributed by atoms with E-state index in [0.29, 0.717) is 12.5 Å². The summed E-state index contributed by atoms with van der Waals surface area (Å²) in [7, 11) is 0. The van der Waals surface area contributed by atoms with E-state index in [0.717, 1.165) is 55.7 Å². The van der Waals surface area contributed by atoms with Gasteiger partial charge in [-0.1, -0.05) is 0 Å². The molecule has 5 nitrogen and oxygen atoms in total. The molecule has 2 aliphatic heterocycles. The smallest absolute Gasteiger partial charge is 0.107 e. The van der Waals surface area contributed by atoms with Crippen LogP contribution in [0.2, 0.25) is 0 Å². The molecule has 1 atom stereocenters. The summed E-state index contributed by atoms with van der Waals surface area (Å²) in [6.45, 7) is 9.24. The topological polar surface area (TPSA) is 47.5 Å². The van der Waals surface area contributed by atoms with Crippen molar-refractivity contribution in [3.63, 3.8) is 0 Å². The van der Waals surface area contributed by atoms with Crippen LogP contribution < -0.4 is 0 Å². The van der Waals surface area contributed by atoms with Crippen LogP contribution >= 0.6 is 22.7 Å². The summed E-state index contributed by atoms with van der Waals surface area (Å²) in [6.07, 6.45) is 1.10. The SMILES string of the molecule is Cc1csc(CN2CC3(C2)OCC[C@@H]3COCc2csc(C)n2)n1. The fraction of sp³-hybridized carbons (Fsp3) is 0.647. The van der Waals surface area contributed by atoms with E-state index in [-0.39, 0.29) is 5.60 Å². The highest BCUT2D eigenvalue weighted by atomic mass is 32.1. The monoisotopic (exact) mass is 365 g/mol. The third-order valence-electron chi connectivity index (χ3n) is 4.84. The van der Waals surface area contributed by atoms with E-state index >= 15 is 0 Å². The Kier molecular flexibility index (Phi) is 4.70. The maximum absolute atomic E-state index is 6.12. The molecular weight excluding hydrogens is 342 g/mol. The third kappa shape index (κ3) is 3.41. The minimum Gasteiger partial charge on any atom is -0.375 e. The lowest BCUT2D eigenvalue weighted by Crippen LogP contribution is -2.64. The molecule has 2 aromatic heterocycles. The molecule has 130 valence electrons. The van der Waals surface area contributed by atoms with Crippen molar-refractivity contribution in [2.75, 3.05) is 26.3 Å². The predicted octanol–water partition coefficient (Wildman–Crippen LogP) is 3.02. The Morgan fingerprint density at radius 3 is 2.88 bits per heavy atom. The Balaban J connectivity index is 1.26. The summed E-state index contributed by atoms with van der Waals surface area (Å²) in [5.41, 5.74) is 2.16. The summed E-state index contributed by atoms with van der Waals surface area (Å²) in [5, 5.41) is 6.50. The average molecular weight is 366 g/mol. The van der Waals surface area contributed by atoms with Crippen molar-refractivity contribution < 1.29 is 9.47 Å². The maximum Gasteiger partial charge on any atom is 0.107 e. The summed E-state index contributed by atoms with van der Waals surface area (Å²) in [6, 6.07) is 0. The van der Waals surface area contributed by atoms with Gasteiger partial charge in [-0.3, -0.25) is 4.90 Å². The van der Waals surface area contributed by atoms with Gasteiger partial charge in [-0.15, -0.1) is 22.7 Å². The van der Waals surface area contributed by atoms with Crippen LogP contribution in [0.3, 0.4) is 0 Å². The average Bonchev–Trinajstić information content (AvgIpc) is 3.21. The van der Waals surface area contributed by atoms with Crippen LogP contribution in [0.25, 0.3) is 0 Å². The van der Waals surface area contributed by atoms with E-state index in [9.17, 15) is 0 Å². The lowest BCUT2D eigenvalue weighted by molar-refractivity contribution is -0.146. The zero-order chi connectivity index (χ0) is 16.6. The number of aryl methyl sites for hydroxylation is 2. The molecule has 2 aromatic rings. The number of nitrogens with zero attached hydrogens (tertiary/aromatic N) is 3. The van der Waals surface area contributed by atoms with Crippen molar-refractivity contribution in [3.05, 3.63) is 32.2 Å². The number of likely N-dealkylation sites (tertiary alicyclic amines) is 1. The lowest BCUT2D eigenvalue weighted by Gasteiger charge is -2.50. The zero-order valence-corrected chi connectivity index (χ0v) is 15.8. The van der Waals surface area contributed by atoms with Gasteiger partial charge in [0.25, 0.3) is 0 Å². The molecule has 1 spiro atoms. The van der Waals surface area contributed by atoms with Crippen LogP contribution in [0.15, 0.2) is 10.8 Å². The standard InChI is InChI=1S/C17H23N3O2S2/c1-12-8-24-16(18-12)5-20-10-17(11-20)14(3-4-22-17)6-21-7-15-9-23-13(2)19-15/h8-9,14H,3-7,10-11H2,1-2H3/t14-/m1/s1. The van der Waals surface area contributed by atoms with Crippen molar-refractivity contribution >= 4 is 22.7 Å². The summed E-state index contributed by atoms with van der Waals surface area (Å²) < 4.78 is 12.1. The molecule has 4 heterocycles. The first-order chi connectivity index (χ1) is 11.6. The number of rotatable bonds is 6. The summed E-state index contributed by atoms with van der Waals surface area (Å²) in [5.74, 6) is 0.492. The number of hydrogen-bond donors (Lipinski definition) is 0. The molecule has 2 saturated heterocycles. The van der Waals surface area contributed by atoms with Gasteiger partial charge >= 0.3 is 0 Å². The highest BCUT2D eigenvalue weighted by Gasteiger charge is 2.52. The quantitative estimate of drug-likeness (QED) is 0.787. The zero-order valence-electron chi connectivity index (χ0n) is 14.2. The fourth-order valence-electron chi connectivity index (χ4n) is 3.64. The molecule has 0 N–H and O–H groups in total. The summed E-state index contributed by atoms with van der Waals surface area (Å²) >= 11 is 3.43. The Labute approximate surface area is 150 Å². The second-order valence-electron chi connectivity index (χ2n) is 6.80. The second-order valence-corrected chi connectivity index (χ2v) is 8.80. The number of hydrogen-bond acceptors (Lipinski definition) is 7. The normalized spacial score (nSPS) is 23.0. The van der Waals surface area contributed by atoms with E-state index in [1.54, 1.807) is 22.7 Å². The number of thiazole rings is 2. The van der Waals surface area contributed by atoms with Gasteiger partial charge in [-0.2, -0.15) is 0 Å². The van der Waals surface area contributed by atoms with Gasteiger partial charge < -0.3 is 9.47 Å². The maximum atomic E-state index is 6.12. The highest BCUT2D eigenvalue weighted by molar-refractivity contribution is 7.09. The predicted molar refractivity (Wildman–Crippen MR) is 95.4 cm³/mol. The lowest BCUT2D eigenvalue weighted by atomic mass is 9.81. The van der Waals surface area contributed by atoms with Crippen LogP contribution in [-0.2, 0) is 22.6 Å². The van der Waals surface area contributed by atoms with Crippen LogP contribution in [0.5, 0.6) is 0 Å². The van der Waals surface area contributed by atoms with Crippen LogP contribution in [0.1, 0.15) is 27.8 Å². The first kappa shape index (κ1) is 16.6. The molecule has 7 heteroatoms. The molecule has 4 rings (SSSR count).